The summed E-state index contributed by atoms with van der Waals surface area (Å²) in [5.74, 6) is -0.915. The van der Waals surface area contributed by atoms with E-state index in [1.54, 1.807) is 24.3 Å². The van der Waals surface area contributed by atoms with Crippen molar-refractivity contribution >= 4 is 11.9 Å². The maximum absolute atomic E-state index is 12.6. The number of carbonyl (C=O) groups is 2. The van der Waals surface area contributed by atoms with Gasteiger partial charge in [0.15, 0.2) is 0 Å². The van der Waals surface area contributed by atoms with Gasteiger partial charge in [-0.2, -0.15) is 0 Å². The first-order valence-corrected chi connectivity index (χ1v) is 14.8. The molecule has 0 aliphatic rings. The summed E-state index contributed by atoms with van der Waals surface area (Å²) in [5.41, 5.74) is 0.564. The molecule has 0 fully saturated rings. The first-order chi connectivity index (χ1) is 17.7. The SMILES string of the molecule is CCCCCC/C=C/CCOC(=O)c1ccccc1C(=O)OCCCCCCCCCCCCCC. The van der Waals surface area contributed by atoms with Gasteiger partial charge in [-0.1, -0.05) is 128 Å². The minimum Gasteiger partial charge on any atom is -0.462 e. The van der Waals surface area contributed by atoms with Crippen molar-refractivity contribution in [2.24, 2.45) is 0 Å². The summed E-state index contributed by atoms with van der Waals surface area (Å²) in [7, 11) is 0. The molecule has 0 spiro atoms. The molecule has 0 aliphatic carbocycles. The minimum atomic E-state index is -0.468. The molecule has 0 atom stereocenters. The van der Waals surface area contributed by atoms with E-state index in [4.69, 9.17) is 9.47 Å². The van der Waals surface area contributed by atoms with Gasteiger partial charge in [-0.05, 0) is 37.8 Å². The van der Waals surface area contributed by atoms with Gasteiger partial charge in [0, 0.05) is 0 Å². The Morgan fingerprint density at radius 2 is 0.972 bits per heavy atom. The van der Waals surface area contributed by atoms with Crippen LogP contribution in [0, 0.1) is 0 Å². The molecule has 1 aromatic rings. The second kappa shape index (κ2) is 23.3. The molecule has 0 N–H and O–H groups in total. The fourth-order valence-electron chi connectivity index (χ4n) is 4.25. The lowest BCUT2D eigenvalue weighted by molar-refractivity contribution is 0.0457. The average molecular weight is 501 g/mol. The van der Waals surface area contributed by atoms with E-state index in [1.165, 1.54) is 89.9 Å². The van der Waals surface area contributed by atoms with Crippen molar-refractivity contribution < 1.29 is 19.1 Å². The Morgan fingerprint density at radius 1 is 0.556 bits per heavy atom. The molecule has 0 bridgehead atoms. The highest BCUT2D eigenvalue weighted by atomic mass is 16.5. The maximum Gasteiger partial charge on any atom is 0.339 e. The number of allylic oxidation sites excluding steroid dienone is 1. The smallest absolute Gasteiger partial charge is 0.339 e. The highest BCUT2D eigenvalue weighted by Gasteiger charge is 2.18. The van der Waals surface area contributed by atoms with Gasteiger partial charge in [-0.3, -0.25) is 0 Å². The van der Waals surface area contributed by atoms with Crippen LogP contribution in [-0.2, 0) is 9.47 Å². The topological polar surface area (TPSA) is 52.6 Å². The van der Waals surface area contributed by atoms with Crippen molar-refractivity contribution in [1.82, 2.24) is 0 Å². The van der Waals surface area contributed by atoms with Crippen molar-refractivity contribution in [3.05, 3.63) is 47.5 Å². The maximum atomic E-state index is 12.6. The van der Waals surface area contributed by atoms with Crippen molar-refractivity contribution in [3.63, 3.8) is 0 Å². The van der Waals surface area contributed by atoms with Gasteiger partial charge >= 0.3 is 11.9 Å². The molecular weight excluding hydrogens is 448 g/mol. The van der Waals surface area contributed by atoms with E-state index in [2.05, 4.69) is 26.0 Å². The van der Waals surface area contributed by atoms with Gasteiger partial charge in [-0.15, -0.1) is 0 Å². The zero-order valence-corrected chi connectivity index (χ0v) is 23.2. The average Bonchev–Trinajstić information content (AvgIpc) is 2.90. The number of hydrogen-bond donors (Lipinski definition) is 0. The van der Waals surface area contributed by atoms with Crippen LogP contribution in [0.25, 0.3) is 0 Å². The second-order valence-electron chi connectivity index (χ2n) is 9.82. The summed E-state index contributed by atoms with van der Waals surface area (Å²) in [6.45, 7) is 5.17. The van der Waals surface area contributed by atoms with E-state index in [0.29, 0.717) is 19.6 Å². The fourth-order valence-corrected chi connectivity index (χ4v) is 4.25. The number of carbonyl (C=O) groups excluding carboxylic acids is 2. The molecule has 0 aromatic heterocycles. The van der Waals surface area contributed by atoms with Crippen LogP contribution < -0.4 is 0 Å². The van der Waals surface area contributed by atoms with Gasteiger partial charge < -0.3 is 9.47 Å². The summed E-state index contributed by atoms with van der Waals surface area (Å²) < 4.78 is 10.8. The standard InChI is InChI=1S/C32H52O4/c1-3-5-7-9-11-13-14-15-16-18-20-24-28-36-32(34)30-26-22-21-25-29(30)31(33)35-27-23-19-17-12-10-8-6-4-2/h17,19,21-22,25-26H,3-16,18,20,23-24,27-28H2,1-2H3/b19-17+. The molecule has 4 nitrogen and oxygen atoms in total. The summed E-state index contributed by atoms with van der Waals surface area (Å²) in [5, 5.41) is 0. The van der Waals surface area contributed by atoms with Gasteiger partial charge in [0.1, 0.15) is 0 Å². The first-order valence-electron chi connectivity index (χ1n) is 14.8. The number of rotatable bonds is 23. The molecule has 1 rings (SSSR count). The second-order valence-corrected chi connectivity index (χ2v) is 9.82. The van der Waals surface area contributed by atoms with Crippen LogP contribution in [0.4, 0.5) is 0 Å². The number of unbranched alkanes of at least 4 members (excludes halogenated alkanes) is 15. The van der Waals surface area contributed by atoms with E-state index in [-0.39, 0.29) is 11.1 Å². The molecule has 1 aromatic carbocycles. The lowest BCUT2D eigenvalue weighted by Crippen LogP contribution is -2.14. The molecular formula is C32H52O4. The fraction of sp³-hybridized carbons (Fsp3) is 0.688. The van der Waals surface area contributed by atoms with Crippen LogP contribution in [0.1, 0.15) is 150 Å². The van der Waals surface area contributed by atoms with E-state index in [0.717, 1.165) is 19.3 Å². The predicted octanol–water partition coefficient (Wildman–Crippen LogP) is 9.62. The quantitative estimate of drug-likeness (QED) is 0.0852. The van der Waals surface area contributed by atoms with Crippen LogP contribution in [0.2, 0.25) is 0 Å². The van der Waals surface area contributed by atoms with E-state index >= 15 is 0 Å². The van der Waals surface area contributed by atoms with Crippen LogP contribution in [0.5, 0.6) is 0 Å². The van der Waals surface area contributed by atoms with Crippen LogP contribution >= 0.6 is 0 Å². The third-order valence-electron chi connectivity index (χ3n) is 6.51. The number of esters is 2. The summed E-state index contributed by atoms with van der Waals surface area (Å²) in [4.78, 5) is 25.1. The number of hydrogen-bond acceptors (Lipinski definition) is 4. The summed E-state index contributed by atoms with van der Waals surface area (Å²) in [6.07, 6.45) is 26.2. The van der Waals surface area contributed by atoms with Gasteiger partial charge in [0.25, 0.3) is 0 Å². The molecule has 0 saturated heterocycles. The lowest BCUT2D eigenvalue weighted by atomic mass is 10.1. The normalized spacial score (nSPS) is 11.2. The third-order valence-corrected chi connectivity index (χ3v) is 6.51. The molecule has 0 heterocycles. The van der Waals surface area contributed by atoms with Gasteiger partial charge in [0.05, 0.1) is 24.3 Å². The van der Waals surface area contributed by atoms with E-state index in [9.17, 15) is 9.59 Å². The Labute approximate surface area is 221 Å². The van der Waals surface area contributed by atoms with Gasteiger partial charge in [-0.25, -0.2) is 9.59 Å². The molecule has 0 unspecified atom stereocenters. The van der Waals surface area contributed by atoms with Crippen molar-refractivity contribution in [1.29, 1.82) is 0 Å². The van der Waals surface area contributed by atoms with Crippen LogP contribution in [0.3, 0.4) is 0 Å². The van der Waals surface area contributed by atoms with Gasteiger partial charge in [0.2, 0.25) is 0 Å². The monoisotopic (exact) mass is 500 g/mol. The minimum absolute atomic E-state index is 0.278. The molecule has 204 valence electrons. The molecule has 0 aliphatic heterocycles. The van der Waals surface area contributed by atoms with E-state index in [1.807, 2.05) is 0 Å². The Kier molecular flexibility index (Phi) is 20.7. The molecule has 36 heavy (non-hydrogen) atoms. The van der Waals surface area contributed by atoms with E-state index < -0.39 is 11.9 Å². The molecule has 4 heteroatoms. The lowest BCUT2D eigenvalue weighted by Gasteiger charge is -2.09. The summed E-state index contributed by atoms with van der Waals surface area (Å²) in [6, 6.07) is 6.76. The largest absolute Gasteiger partial charge is 0.462 e. The highest BCUT2D eigenvalue weighted by molar-refractivity contribution is 6.03. The first kappa shape index (κ1) is 31.9. The molecule has 0 saturated carbocycles. The van der Waals surface area contributed by atoms with Crippen molar-refractivity contribution in [2.45, 2.75) is 129 Å². The van der Waals surface area contributed by atoms with Crippen molar-refractivity contribution in [3.8, 4) is 0 Å². The number of benzene rings is 1. The Balaban J connectivity index is 2.17. The summed E-state index contributed by atoms with van der Waals surface area (Å²) >= 11 is 0. The third kappa shape index (κ3) is 16.5. The zero-order chi connectivity index (χ0) is 26.1. The highest BCUT2D eigenvalue weighted by Crippen LogP contribution is 2.14. The Bertz CT molecular complexity index is 710. The molecule has 0 radical (unpaired) electrons. The molecule has 0 amide bonds. The number of ether oxygens (including phenoxy) is 2. The predicted molar refractivity (Wildman–Crippen MR) is 151 cm³/mol. The zero-order valence-electron chi connectivity index (χ0n) is 23.2. The van der Waals surface area contributed by atoms with Crippen molar-refractivity contribution in [2.75, 3.05) is 13.2 Å². The van der Waals surface area contributed by atoms with Crippen LogP contribution in [0.15, 0.2) is 36.4 Å². The Hall–Kier alpha value is -2.10. The Morgan fingerprint density at radius 3 is 1.50 bits per heavy atom. The van der Waals surface area contributed by atoms with Crippen LogP contribution in [-0.4, -0.2) is 25.2 Å².